The maximum absolute atomic E-state index is 10.3. The quantitative estimate of drug-likeness (QED) is 0.346. The van der Waals surface area contributed by atoms with E-state index in [4.69, 9.17) is 5.73 Å². The third-order valence-corrected chi connectivity index (χ3v) is 3.27. The second-order valence-corrected chi connectivity index (χ2v) is 6.00. The summed E-state index contributed by atoms with van der Waals surface area (Å²) in [5.41, 5.74) is 6.74. The summed E-state index contributed by atoms with van der Waals surface area (Å²) in [6, 6.07) is 14.7. The van der Waals surface area contributed by atoms with Gasteiger partial charge in [0.15, 0.2) is 0 Å². The maximum Gasteiger partial charge on any atom is 4.00 e. The van der Waals surface area contributed by atoms with E-state index in [1.807, 2.05) is 0 Å². The number of nitrogens with one attached hydrogen (secondary N) is 1. The molecule has 1 amide bonds. The number of rotatable bonds is 1. The van der Waals surface area contributed by atoms with E-state index < -0.39 is 0 Å². The van der Waals surface area contributed by atoms with E-state index in [1.54, 1.807) is 0 Å². The zero-order valence-electron chi connectivity index (χ0n) is 13.6. The summed E-state index contributed by atoms with van der Waals surface area (Å²) in [5.74, 6) is -0.266. The molecule has 0 saturated heterocycles. The van der Waals surface area contributed by atoms with E-state index in [9.17, 15) is 4.79 Å². The smallest absolute Gasteiger partial charge is 1.00 e. The summed E-state index contributed by atoms with van der Waals surface area (Å²) in [4.78, 5) is 10.3. The molecule has 0 heterocycles. The van der Waals surface area contributed by atoms with Crippen molar-refractivity contribution < 1.29 is 55.5 Å². The monoisotopic (exact) mass is 535 g/mol. The summed E-state index contributed by atoms with van der Waals surface area (Å²) in [7, 11) is 1.08. The molecule has 124 valence electrons. The fourth-order valence-electron chi connectivity index (χ4n) is 2.26. The topological polar surface area (TPSA) is 40.9 Å². The summed E-state index contributed by atoms with van der Waals surface area (Å²) >= 11 is 0. The van der Waals surface area contributed by atoms with Crippen molar-refractivity contribution in [3.63, 3.8) is 0 Å². The number of hydrogen-bond donors (Lipinski definition) is 0. The first-order valence-corrected chi connectivity index (χ1v) is 9.13. The minimum absolute atomic E-state index is 0. The average molecular weight is 535 g/mol. The van der Waals surface area contributed by atoms with Gasteiger partial charge in [0.05, 0.1) is 5.91 Å². The predicted molar refractivity (Wildman–Crippen MR) is 88.3 cm³/mol. The van der Waals surface area contributed by atoms with Gasteiger partial charge in [0, 0.05) is 15.4 Å². The third-order valence-electron chi connectivity index (χ3n) is 3.27. The van der Waals surface area contributed by atoms with Gasteiger partial charge in [-0.3, -0.25) is 0 Å². The maximum atomic E-state index is 10.3. The van der Waals surface area contributed by atoms with Crippen molar-refractivity contribution in [1.82, 2.24) is 0 Å². The number of benzene rings is 1. The van der Waals surface area contributed by atoms with Crippen LogP contribution in [0.15, 0.2) is 42.5 Å². The van der Waals surface area contributed by atoms with Crippen LogP contribution in [0.2, 0.25) is 13.1 Å². The van der Waals surface area contributed by atoms with Crippen molar-refractivity contribution in [2.45, 2.75) is 38.8 Å². The van der Waals surface area contributed by atoms with Crippen LogP contribution < -0.4 is 24.8 Å². The molecule has 23 heavy (non-hydrogen) atoms. The molecule has 6 heteroatoms. The molecule has 2 aromatic rings. The first kappa shape index (κ1) is 27.8. The Morgan fingerprint density at radius 3 is 2.09 bits per heavy atom. The molecule has 0 atom stereocenters. The van der Waals surface area contributed by atoms with Crippen molar-refractivity contribution in [2.24, 2.45) is 5.92 Å². The van der Waals surface area contributed by atoms with Crippen molar-refractivity contribution in [2.75, 3.05) is 0 Å². The first-order valence-electron chi connectivity index (χ1n) is 7.13. The van der Waals surface area contributed by atoms with Crippen LogP contribution >= 0.6 is 0 Å². The Bertz CT molecular complexity index is 486. The summed E-state index contributed by atoms with van der Waals surface area (Å²) in [6.07, 6.45) is 4.22. The van der Waals surface area contributed by atoms with Crippen LogP contribution in [0, 0.1) is 5.92 Å². The van der Waals surface area contributed by atoms with Gasteiger partial charge in [-0.2, -0.15) is 17.5 Å². The molecule has 3 rings (SSSR count). The first-order chi connectivity index (χ1) is 9.69. The Morgan fingerprint density at radius 2 is 1.65 bits per heavy atom. The minimum Gasteiger partial charge on any atom is -1.00 e. The molecular weight excluding hydrogens is 512 g/mol. The Labute approximate surface area is 173 Å². The van der Waals surface area contributed by atoms with Crippen molar-refractivity contribution in [1.29, 1.82) is 0 Å². The van der Waals surface area contributed by atoms with Crippen LogP contribution in [-0.2, 0) is 30.6 Å². The molecule has 1 fully saturated rings. The molecular formula is C17H23Cl2HfNOSi. The second kappa shape index (κ2) is 16.8. The zero-order valence-corrected chi connectivity index (χ0v) is 19.7. The number of carbonyl (C=O) groups is 1. The molecule has 0 aromatic heterocycles. The van der Waals surface area contributed by atoms with Crippen molar-refractivity contribution >= 4 is 26.2 Å². The van der Waals surface area contributed by atoms with Crippen LogP contribution in [0.4, 0.5) is 0 Å². The molecule has 0 spiro atoms. The molecule has 2 radical (unpaired) electrons. The van der Waals surface area contributed by atoms with Gasteiger partial charge in [0.25, 0.3) is 0 Å². The van der Waals surface area contributed by atoms with Gasteiger partial charge < -0.3 is 35.3 Å². The number of halogens is 2. The van der Waals surface area contributed by atoms with Crippen molar-refractivity contribution in [3.05, 3.63) is 48.2 Å². The van der Waals surface area contributed by atoms with Gasteiger partial charge >= 0.3 is 25.8 Å². The van der Waals surface area contributed by atoms with Crippen LogP contribution in [0.3, 0.4) is 0 Å². The average Bonchev–Trinajstić information content (AvgIpc) is 3.12. The number of fused-ring (bicyclic) bond motifs is 1. The summed E-state index contributed by atoms with van der Waals surface area (Å²) in [5, 5.41) is 2.66. The molecule has 0 aliphatic heterocycles. The van der Waals surface area contributed by atoms with E-state index in [1.165, 1.54) is 10.8 Å². The van der Waals surface area contributed by atoms with E-state index in [-0.39, 0.29) is 62.5 Å². The zero-order chi connectivity index (χ0) is 14.8. The molecule has 2 aromatic carbocycles. The molecule has 1 saturated carbocycles. The van der Waals surface area contributed by atoms with E-state index in [2.05, 4.69) is 55.6 Å². The van der Waals surface area contributed by atoms with Crippen LogP contribution in [-0.4, -0.2) is 15.4 Å². The standard InChI is InChI=1S/C9H7.C6H11NO.C2H6Si.2ClH.Hf/c1-2-5-9-7-3-6-8(9)4-1;7-6(8)5-3-1-2-4-5;1-3-2;;;/h1-7H;5H,1-4H2,(H2,7,8);1-2H3;2*1H;/q-1;;;;;+4/p-3. The second-order valence-electron chi connectivity index (χ2n) is 5.00. The normalized spacial score (nSPS) is 12.3. The van der Waals surface area contributed by atoms with Crippen LogP contribution in [0.5, 0.6) is 0 Å². The minimum atomic E-state index is -0.359. The van der Waals surface area contributed by atoms with E-state index in [0.29, 0.717) is 0 Å². The van der Waals surface area contributed by atoms with Gasteiger partial charge in [0.1, 0.15) is 0 Å². The van der Waals surface area contributed by atoms with Crippen LogP contribution in [0.1, 0.15) is 25.7 Å². The molecule has 1 aliphatic carbocycles. The van der Waals surface area contributed by atoms with Gasteiger partial charge in [-0.25, -0.2) is 0 Å². The summed E-state index contributed by atoms with van der Waals surface area (Å²) in [6.45, 7) is 4.31. The Kier molecular flexibility index (Phi) is 20.3. The number of carbonyl (C=O) groups excluding carboxylic acids is 1. The summed E-state index contributed by atoms with van der Waals surface area (Å²) < 4.78 is 0. The largest absolute Gasteiger partial charge is 4.00 e. The predicted octanol–water partition coefficient (Wildman–Crippen LogP) is -0.894. The molecule has 0 unspecified atom stereocenters. The Morgan fingerprint density at radius 1 is 1.13 bits per heavy atom. The number of amides is 1. The van der Waals surface area contributed by atoms with Crippen molar-refractivity contribution in [3.8, 4) is 0 Å². The van der Waals surface area contributed by atoms with E-state index >= 15 is 0 Å². The fourth-order valence-corrected chi connectivity index (χ4v) is 2.26. The molecule has 0 bridgehead atoms. The Balaban J connectivity index is -0.000000270. The van der Waals surface area contributed by atoms with Gasteiger partial charge in [-0.15, -0.1) is 29.7 Å². The van der Waals surface area contributed by atoms with Gasteiger partial charge in [-0.1, -0.05) is 32.0 Å². The van der Waals surface area contributed by atoms with Crippen LogP contribution in [0.25, 0.3) is 16.5 Å². The van der Waals surface area contributed by atoms with Gasteiger partial charge in [-0.05, 0) is 12.8 Å². The molecule has 2 nitrogen and oxygen atoms in total. The van der Waals surface area contributed by atoms with Gasteiger partial charge in [0.2, 0.25) is 0 Å². The SMILES string of the molecule is C[Si]C.[Cl-].[Cl-].[Hf+4].[NH-]C(=O)C1CCCC1.c1ccc2[cH-]ccc2c1. The van der Waals surface area contributed by atoms with E-state index in [0.717, 1.165) is 35.2 Å². The molecule has 1 aliphatic rings. The third kappa shape index (κ3) is 11.2. The Hall–Kier alpha value is -0.0330. The fraction of sp³-hybridized carbons (Fsp3) is 0.412. The number of hydrogen-bond acceptors (Lipinski definition) is 1. The molecule has 1 N–H and O–H groups in total.